The molecule has 86 valence electrons. The molecule has 0 fully saturated rings. The van der Waals surface area contributed by atoms with Crippen LogP contribution in [-0.2, 0) is 16.2 Å². The fraction of sp³-hybridized carbons (Fsp3) is 0.385. The molecule has 0 saturated carbocycles. The molecule has 0 aliphatic heterocycles. The number of ketones is 1. The van der Waals surface area contributed by atoms with Gasteiger partial charge in [0.05, 0.1) is 5.71 Å². The maximum Gasteiger partial charge on any atom is 0.142 e. The number of oxime groups is 1. The summed E-state index contributed by atoms with van der Waals surface area (Å²) in [5.74, 6) is 0.178. The largest absolute Gasteiger partial charge is 0.391 e. The average molecular weight is 219 g/mol. The topological polar surface area (TPSA) is 38.7 Å². The van der Waals surface area contributed by atoms with E-state index in [1.54, 1.807) is 6.92 Å². The summed E-state index contributed by atoms with van der Waals surface area (Å²) >= 11 is 0. The molecule has 16 heavy (non-hydrogen) atoms. The quantitative estimate of drug-likeness (QED) is 0.545. The van der Waals surface area contributed by atoms with Crippen LogP contribution < -0.4 is 0 Å². The van der Waals surface area contributed by atoms with Crippen LogP contribution in [0.2, 0.25) is 0 Å². The van der Waals surface area contributed by atoms with E-state index in [1.165, 1.54) is 0 Å². The summed E-state index contributed by atoms with van der Waals surface area (Å²) in [5, 5.41) is 3.96. The minimum Gasteiger partial charge on any atom is -0.391 e. The summed E-state index contributed by atoms with van der Waals surface area (Å²) < 4.78 is 0. The van der Waals surface area contributed by atoms with Gasteiger partial charge < -0.3 is 9.63 Å². The highest BCUT2D eigenvalue weighted by atomic mass is 16.6. The first kappa shape index (κ1) is 12.4. The molecule has 0 bridgehead atoms. The molecule has 1 aromatic rings. The third-order valence-electron chi connectivity index (χ3n) is 2.13. The van der Waals surface area contributed by atoms with E-state index in [9.17, 15) is 4.79 Å². The zero-order chi connectivity index (χ0) is 11.8. The Balaban J connectivity index is 2.28. The van der Waals surface area contributed by atoms with Crippen LogP contribution in [0.15, 0.2) is 35.5 Å². The van der Waals surface area contributed by atoms with Gasteiger partial charge >= 0.3 is 0 Å². The molecule has 0 aromatic heterocycles. The predicted molar refractivity (Wildman–Crippen MR) is 64.3 cm³/mol. The van der Waals surface area contributed by atoms with Gasteiger partial charge in [0, 0.05) is 6.42 Å². The Hall–Kier alpha value is -1.64. The fourth-order valence-electron chi connectivity index (χ4n) is 1.19. The van der Waals surface area contributed by atoms with Crippen LogP contribution in [0.1, 0.15) is 32.3 Å². The van der Waals surface area contributed by atoms with Gasteiger partial charge in [-0.1, -0.05) is 35.5 Å². The summed E-state index contributed by atoms with van der Waals surface area (Å²) in [6, 6.07) is 9.86. The summed E-state index contributed by atoms with van der Waals surface area (Å²) in [7, 11) is 0. The summed E-state index contributed by atoms with van der Waals surface area (Å²) in [4.78, 5) is 15.9. The SMILES string of the molecule is CC(=O)CCC(C)=NOCc1ccccc1. The molecular weight excluding hydrogens is 202 g/mol. The van der Waals surface area contributed by atoms with Crippen LogP contribution in [0.25, 0.3) is 0 Å². The van der Waals surface area contributed by atoms with E-state index >= 15 is 0 Å². The number of nitrogens with zero attached hydrogens (tertiary/aromatic N) is 1. The minimum atomic E-state index is 0.178. The molecule has 1 aromatic carbocycles. The Labute approximate surface area is 96.1 Å². The van der Waals surface area contributed by atoms with E-state index in [0.29, 0.717) is 19.4 Å². The molecule has 0 unspecified atom stereocenters. The predicted octanol–water partition coefficient (Wildman–Crippen LogP) is 2.95. The van der Waals surface area contributed by atoms with Crippen molar-refractivity contribution in [2.75, 3.05) is 0 Å². The standard InChI is InChI=1S/C13H17NO2/c1-11(8-9-12(2)15)14-16-10-13-6-4-3-5-7-13/h3-7H,8-10H2,1-2H3. The van der Waals surface area contributed by atoms with Crippen LogP contribution in [0.4, 0.5) is 0 Å². The Morgan fingerprint density at radius 2 is 1.88 bits per heavy atom. The molecule has 0 aliphatic carbocycles. The van der Waals surface area contributed by atoms with Gasteiger partial charge in [-0.25, -0.2) is 0 Å². The van der Waals surface area contributed by atoms with Crippen molar-refractivity contribution in [2.45, 2.75) is 33.3 Å². The van der Waals surface area contributed by atoms with Gasteiger partial charge in [0.25, 0.3) is 0 Å². The number of hydrogen-bond donors (Lipinski definition) is 0. The Kier molecular flexibility index (Phi) is 5.26. The monoisotopic (exact) mass is 219 g/mol. The Morgan fingerprint density at radius 3 is 2.50 bits per heavy atom. The number of hydrogen-bond acceptors (Lipinski definition) is 3. The van der Waals surface area contributed by atoms with Crippen molar-refractivity contribution >= 4 is 11.5 Å². The van der Waals surface area contributed by atoms with Crippen molar-refractivity contribution in [3.05, 3.63) is 35.9 Å². The van der Waals surface area contributed by atoms with Crippen LogP contribution in [-0.4, -0.2) is 11.5 Å². The van der Waals surface area contributed by atoms with E-state index in [1.807, 2.05) is 37.3 Å². The first-order chi connectivity index (χ1) is 7.68. The molecule has 0 aliphatic rings. The zero-order valence-corrected chi connectivity index (χ0v) is 9.77. The molecule has 3 heteroatoms. The third-order valence-corrected chi connectivity index (χ3v) is 2.13. The molecule has 0 amide bonds. The summed E-state index contributed by atoms with van der Waals surface area (Å²) in [6.45, 7) is 3.92. The van der Waals surface area contributed by atoms with Crippen molar-refractivity contribution in [1.29, 1.82) is 0 Å². The van der Waals surface area contributed by atoms with E-state index in [0.717, 1.165) is 11.3 Å². The number of Topliss-reactive ketones (excluding diaryl/α,β-unsaturated/α-hetero) is 1. The Morgan fingerprint density at radius 1 is 1.19 bits per heavy atom. The van der Waals surface area contributed by atoms with Gasteiger partial charge in [-0.15, -0.1) is 0 Å². The molecule has 0 radical (unpaired) electrons. The van der Waals surface area contributed by atoms with Gasteiger partial charge in [-0.2, -0.15) is 0 Å². The van der Waals surface area contributed by atoms with E-state index in [4.69, 9.17) is 4.84 Å². The molecule has 3 nitrogen and oxygen atoms in total. The fourth-order valence-corrected chi connectivity index (χ4v) is 1.19. The number of carbonyl (C=O) groups excluding carboxylic acids is 1. The van der Waals surface area contributed by atoms with Gasteiger partial charge in [0.2, 0.25) is 0 Å². The molecule has 0 atom stereocenters. The van der Waals surface area contributed by atoms with Crippen LogP contribution in [0.3, 0.4) is 0 Å². The first-order valence-electron chi connectivity index (χ1n) is 5.37. The smallest absolute Gasteiger partial charge is 0.142 e. The van der Waals surface area contributed by atoms with Crippen LogP contribution in [0, 0.1) is 0 Å². The zero-order valence-electron chi connectivity index (χ0n) is 9.77. The molecule has 0 spiro atoms. The van der Waals surface area contributed by atoms with Crippen molar-refractivity contribution < 1.29 is 9.63 Å². The molecule has 0 N–H and O–H groups in total. The highest BCUT2D eigenvalue weighted by Gasteiger charge is 1.97. The van der Waals surface area contributed by atoms with Crippen LogP contribution in [0.5, 0.6) is 0 Å². The van der Waals surface area contributed by atoms with E-state index in [-0.39, 0.29) is 5.78 Å². The normalized spacial score (nSPS) is 11.2. The average Bonchev–Trinajstić information content (AvgIpc) is 2.28. The number of benzene rings is 1. The molecular formula is C13H17NO2. The minimum absolute atomic E-state index is 0.178. The van der Waals surface area contributed by atoms with Gasteiger partial charge in [-0.05, 0) is 25.8 Å². The van der Waals surface area contributed by atoms with Gasteiger partial charge in [0.15, 0.2) is 0 Å². The lowest BCUT2D eigenvalue weighted by molar-refractivity contribution is -0.116. The maximum atomic E-state index is 10.7. The number of rotatable bonds is 6. The second-order valence-electron chi connectivity index (χ2n) is 3.79. The van der Waals surface area contributed by atoms with E-state index < -0.39 is 0 Å². The van der Waals surface area contributed by atoms with Crippen molar-refractivity contribution in [2.24, 2.45) is 5.16 Å². The lowest BCUT2D eigenvalue weighted by atomic mass is 10.2. The second-order valence-corrected chi connectivity index (χ2v) is 3.79. The summed E-state index contributed by atoms with van der Waals surface area (Å²) in [5.41, 5.74) is 1.94. The van der Waals surface area contributed by atoms with Crippen molar-refractivity contribution in [3.63, 3.8) is 0 Å². The van der Waals surface area contributed by atoms with Gasteiger partial charge in [0.1, 0.15) is 12.4 Å². The van der Waals surface area contributed by atoms with Gasteiger partial charge in [-0.3, -0.25) is 0 Å². The summed E-state index contributed by atoms with van der Waals surface area (Å²) in [6.07, 6.45) is 1.20. The second kappa shape index (κ2) is 6.77. The first-order valence-corrected chi connectivity index (χ1v) is 5.37. The Bertz CT molecular complexity index is 357. The van der Waals surface area contributed by atoms with Crippen molar-refractivity contribution in [1.82, 2.24) is 0 Å². The lowest BCUT2D eigenvalue weighted by Gasteiger charge is -2.01. The highest BCUT2D eigenvalue weighted by molar-refractivity contribution is 5.86. The lowest BCUT2D eigenvalue weighted by Crippen LogP contribution is -1.98. The number of carbonyl (C=O) groups is 1. The molecule has 0 saturated heterocycles. The molecule has 0 heterocycles. The van der Waals surface area contributed by atoms with E-state index in [2.05, 4.69) is 5.16 Å². The third kappa shape index (κ3) is 5.29. The van der Waals surface area contributed by atoms with Crippen molar-refractivity contribution in [3.8, 4) is 0 Å². The maximum absolute atomic E-state index is 10.7. The molecule has 1 rings (SSSR count). The highest BCUT2D eigenvalue weighted by Crippen LogP contribution is 2.02. The van der Waals surface area contributed by atoms with Crippen LogP contribution >= 0.6 is 0 Å².